The van der Waals surface area contributed by atoms with E-state index < -0.39 is 0 Å². The molecule has 5 heteroatoms. The van der Waals surface area contributed by atoms with Crippen molar-refractivity contribution in [2.24, 2.45) is 0 Å². The Kier molecular flexibility index (Phi) is 4.02. The Balaban J connectivity index is 1.67. The third kappa shape index (κ3) is 3.52. The molecule has 0 aliphatic heterocycles. The van der Waals surface area contributed by atoms with Gasteiger partial charge in [0.1, 0.15) is 5.69 Å². The molecule has 1 amide bonds. The number of nitrogens with one attached hydrogen (secondary N) is 1. The van der Waals surface area contributed by atoms with Crippen LogP contribution in [0.3, 0.4) is 0 Å². The van der Waals surface area contributed by atoms with Gasteiger partial charge in [-0.2, -0.15) is 0 Å². The quantitative estimate of drug-likeness (QED) is 0.802. The molecule has 3 rings (SSSR count). The summed E-state index contributed by atoms with van der Waals surface area (Å²) in [6.07, 6.45) is 4.21. The van der Waals surface area contributed by atoms with Crippen LogP contribution in [0.15, 0.2) is 60.9 Å². The normalized spacial score (nSPS) is 10.3. The molecule has 1 N–H and O–H groups in total. The van der Waals surface area contributed by atoms with Gasteiger partial charge in [0.05, 0.1) is 0 Å². The van der Waals surface area contributed by atoms with Gasteiger partial charge in [0.2, 0.25) is 0 Å². The van der Waals surface area contributed by atoms with Crippen LogP contribution < -0.4 is 5.32 Å². The van der Waals surface area contributed by atoms with Gasteiger partial charge in [-0.1, -0.05) is 36.4 Å². The molecule has 0 atom stereocenters. The molecule has 2 heterocycles. The summed E-state index contributed by atoms with van der Waals surface area (Å²) >= 11 is 1.48. The zero-order chi connectivity index (χ0) is 14.5. The molecule has 0 aliphatic carbocycles. The molecule has 4 nitrogen and oxygen atoms in total. The predicted octanol–water partition coefficient (Wildman–Crippen LogP) is 3.38. The monoisotopic (exact) mass is 295 g/mol. The third-order valence-corrected chi connectivity index (χ3v) is 3.81. The van der Waals surface area contributed by atoms with Gasteiger partial charge in [0, 0.05) is 23.7 Å². The Labute approximate surface area is 126 Å². The van der Waals surface area contributed by atoms with Gasteiger partial charge < -0.3 is 0 Å². The smallest absolute Gasteiger partial charge is 0.276 e. The lowest BCUT2D eigenvalue weighted by atomic mass is 10.1. The Bertz CT molecular complexity index is 726. The zero-order valence-corrected chi connectivity index (χ0v) is 12.0. The molecule has 0 fully saturated rings. The summed E-state index contributed by atoms with van der Waals surface area (Å²) < 4.78 is 0. The van der Waals surface area contributed by atoms with Crippen LogP contribution in [0.5, 0.6) is 0 Å². The summed E-state index contributed by atoms with van der Waals surface area (Å²) in [5, 5.41) is 3.36. The first kappa shape index (κ1) is 13.5. The van der Waals surface area contributed by atoms with Crippen molar-refractivity contribution in [1.82, 2.24) is 9.97 Å². The maximum absolute atomic E-state index is 12.0. The second-order valence-electron chi connectivity index (χ2n) is 4.46. The van der Waals surface area contributed by atoms with Gasteiger partial charge in [-0.25, -0.2) is 4.98 Å². The largest absolute Gasteiger partial charge is 0.296 e. The number of rotatable bonds is 4. The highest BCUT2D eigenvalue weighted by atomic mass is 32.1. The number of aromatic nitrogens is 2. The van der Waals surface area contributed by atoms with Crippen molar-refractivity contribution in [1.29, 1.82) is 0 Å². The second kappa shape index (κ2) is 6.28. The molecule has 0 spiro atoms. The van der Waals surface area contributed by atoms with E-state index in [1.807, 2.05) is 18.2 Å². The Morgan fingerprint density at radius 3 is 2.62 bits per heavy atom. The molecule has 0 saturated carbocycles. The highest BCUT2D eigenvalue weighted by Gasteiger charge is 2.09. The summed E-state index contributed by atoms with van der Waals surface area (Å²) in [6, 6.07) is 15.4. The number of anilines is 1. The number of carbonyl (C=O) groups excluding carboxylic acids is 1. The number of amides is 1. The molecule has 0 bridgehead atoms. The van der Waals surface area contributed by atoms with E-state index in [0.29, 0.717) is 10.8 Å². The standard InChI is InChI=1S/C16H13N3OS/c20-15(14-8-4-5-9-17-14)19-16-18-11-13(21-16)10-12-6-2-1-3-7-12/h1-9,11H,10H2,(H,18,19,20). The average Bonchev–Trinajstić information content (AvgIpc) is 2.96. The first-order chi connectivity index (χ1) is 10.3. The minimum absolute atomic E-state index is 0.240. The van der Waals surface area contributed by atoms with Crippen LogP contribution in [0, 0.1) is 0 Å². The lowest BCUT2D eigenvalue weighted by molar-refractivity contribution is 0.102. The summed E-state index contributed by atoms with van der Waals surface area (Å²) in [4.78, 5) is 21.3. The minimum atomic E-state index is -0.240. The molecular formula is C16H13N3OS. The Morgan fingerprint density at radius 1 is 1.05 bits per heavy atom. The average molecular weight is 295 g/mol. The Hall–Kier alpha value is -2.53. The second-order valence-corrected chi connectivity index (χ2v) is 5.58. The van der Waals surface area contributed by atoms with Crippen LogP contribution in [0.1, 0.15) is 20.9 Å². The molecule has 1 aromatic carbocycles. The number of nitrogens with zero attached hydrogens (tertiary/aromatic N) is 2. The fourth-order valence-electron chi connectivity index (χ4n) is 1.90. The van der Waals surface area contributed by atoms with E-state index in [-0.39, 0.29) is 5.91 Å². The number of benzene rings is 1. The van der Waals surface area contributed by atoms with Crippen molar-refractivity contribution in [2.75, 3.05) is 5.32 Å². The maximum atomic E-state index is 12.0. The SMILES string of the molecule is O=C(Nc1ncc(Cc2ccccc2)s1)c1ccccn1. The number of carbonyl (C=O) groups is 1. The van der Waals surface area contributed by atoms with E-state index in [1.165, 1.54) is 16.9 Å². The summed E-state index contributed by atoms with van der Waals surface area (Å²) in [5.74, 6) is -0.240. The van der Waals surface area contributed by atoms with Crippen molar-refractivity contribution >= 4 is 22.4 Å². The van der Waals surface area contributed by atoms with Crippen molar-refractivity contribution in [3.63, 3.8) is 0 Å². The molecule has 0 saturated heterocycles. The van der Waals surface area contributed by atoms with Gasteiger partial charge in [-0.15, -0.1) is 11.3 Å². The predicted molar refractivity (Wildman–Crippen MR) is 83.6 cm³/mol. The summed E-state index contributed by atoms with van der Waals surface area (Å²) in [7, 11) is 0. The highest BCUT2D eigenvalue weighted by Crippen LogP contribution is 2.21. The summed E-state index contributed by atoms with van der Waals surface area (Å²) in [5.41, 5.74) is 1.61. The molecule has 0 radical (unpaired) electrons. The van der Waals surface area contributed by atoms with Crippen molar-refractivity contribution in [2.45, 2.75) is 6.42 Å². The first-order valence-corrected chi connectivity index (χ1v) is 7.34. The lowest BCUT2D eigenvalue weighted by Crippen LogP contribution is -2.12. The van der Waals surface area contributed by atoms with E-state index in [4.69, 9.17) is 0 Å². The number of thiazole rings is 1. The van der Waals surface area contributed by atoms with E-state index in [0.717, 1.165) is 11.3 Å². The fourth-order valence-corrected chi connectivity index (χ4v) is 2.74. The highest BCUT2D eigenvalue weighted by molar-refractivity contribution is 7.15. The molecule has 3 aromatic rings. The van der Waals surface area contributed by atoms with Crippen molar-refractivity contribution in [3.05, 3.63) is 77.1 Å². The van der Waals surface area contributed by atoms with Crippen LogP contribution in [-0.4, -0.2) is 15.9 Å². The van der Waals surface area contributed by atoms with Crippen LogP contribution in [0.4, 0.5) is 5.13 Å². The molecule has 2 aromatic heterocycles. The van der Waals surface area contributed by atoms with E-state index >= 15 is 0 Å². The topological polar surface area (TPSA) is 54.9 Å². The van der Waals surface area contributed by atoms with Gasteiger partial charge in [-0.3, -0.25) is 15.1 Å². The lowest BCUT2D eigenvalue weighted by Gasteiger charge is -1.99. The van der Waals surface area contributed by atoms with E-state index in [1.54, 1.807) is 30.6 Å². The molecule has 0 aliphatic rings. The van der Waals surface area contributed by atoms with Gasteiger partial charge in [-0.05, 0) is 17.7 Å². The summed E-state index contributed by atoms with van der Waals surface area (Å²) in [6.45, 7) is 0. The van der Waals surface area contributed by atoms with Gasteiger partial charge in [0.15, 0.2) is 5.13 Å². The zero-order valence-electron chi connectivity index (χ0n) is 11.2. The van der Waals surface area contributed by atoms with Crippen LogP contribution in [0.2, 0.25) is 0 Å². The van der Waals surface area contributed by atoms with Gasteiger partial charge >= 0.3 is 0 Å². The van der Waals surface area contributed by atoms with Crippen LogP contribution in [-0.2, 0) is 6.42 Å². The third-order valence-electron chi connectivity index (χ3n) is 2.89. The maximum Gasteiger partial charge on any atom is 0.276 e. The number of pyridine rings is 1. The first-order valence-electron chi connectivity index (χ1n) is 6.52. The van der Waals surface area contributed by atoms with Crippen LogP contribution in [0.25, 0.3) is 0 Å². The fraction of sp³-hybridized carbons (Fsp3) is 0.0625. The molecule has 21 heavy (non-hydrogen) atoms. The molecule has 104 valence electrons. The van der Waals surface area contributed by atoms with Crippen molar-refractivity contribution < 1.29 is 4.79 Å². The molecule has 0 unspecified atom stereocenters. The van der Waals surface area contributed by atoms with Crippen molar-refractivity contribution in [3.8, 4) is 0 Å². The van der Waals surface area contributed by atoms with Crippen LogP contribution >= 0.6 is 11.3 Å². The number of hydrogen-bond donors (Lipinski definition) is 1. The molecular weight excluding hydrogens is 282 g/mol. The minimum Gasteiger partial charge on any atom is -0.296 e. The van der Waals surface area contributed by atoms with Gasteiger partial charge in [0.25, 0.3) is 5.91 Å². The van der Waals surface area contributed by atoms with E-state index in [9.17, 15) is 4.79 Å². The number of hydrogen-bond acceptors (Lipinski definition) is 4. The van der Waals surface area contributed by atoms with E-state index in [2.05, 4.69) is 27.4 Å². The Morgan fingerprint density at radius 2 is 1.86 bits per heavy atom.